The van der Waals surface area contributed by atoms with Crippen LogP contribution in [0.1, 0.15) is 11.8 Å². The van der Waals surface area contributed by atoms with E-state index in [1.807, 2.05) is 0 Å². The summed E-state index contributed by atoms with van der Waals surface area (Å²) < 4.78 is 32.7. The van der Waals surface area contributed by atoms with Gasteiger partial charge >= 0.3 is 0 Å². The third-order valence-corrected chi connectivity index (χ3v) is 6.62. The molecule has 3 rings (SSSR count). The van der Waals surface area contributed by atoms with E-state index in [1.165, 1.54) is 15.6 Å². The molecule has 1 N–H and O–H groups in total. The molecule has 118 valence electrons. The van der Waals surface area contributed by atoms with Gasteiger partial charge in [0.2, 0.25) is 0 Å². The quantitative estimate of drug-likeness (QED) is 0.904. The summed E-state index contributed by atoms with van der Waals surface area (Å²) in [7, 11) is -1.73. The predicted octanol–water partition coefficient (Wildman–Crippen LogP) is 1.34. The fourth-order valence-electron chi connectivity index (χ4n) is 2.32. The largest absolute Gasteiger partial charge is 0.372 e. The minimum Gasteiger partial charge on any atom is -0.372 e. The summed E-state index contributed by atoms with van der Waals surface area (Å²) >= 11 is 1.22. The van der Waals surface area contributed by atoms with Gasteiger partial charge < -0.3 is 10.1 Å². The summed E-state index contributed by atoms with van der Waals surface area (Å²) in [5.74, 6) is 0.600. The van der Waals surface area contributed by atoms with Crippen LogP contribution >= 0.6 is 11.3 Å². The molecule has 9 heteroatoms. The highest BCUT2D eigenvalue weighted by molar-refractivity contribution is 7.91. The second kappa shape index (κ2) is 6.29. The number of ether oxygens (including phenoxy) is 1. The van der Waals surface area contributed by atoms with Gasteiger partial charge in [0, 0.05) is 32.5 Å². The topological polar surface area (TPSA) is 84.4 Å². The fourth-order valence-corrected chi connectivity index (χ4v) is 4.89. The Balaban J connectivity index is 1.86. The Bertz CT molecular complexity index is 734. The van der Waals surface area contributed by atoms with E-state index in [0.29, 0.717) is 28.9 Å². The second-order valence-electron chi connectivity index (χ2n) is 4.69. The first kappa shape index (κ1) is 15.3. The maximum Gasteiger partial charge on any atom is 0.252 e. The van der Waals surface area contributed by atoms with Crippen molar-refractivity contribution in [3.05, 3.63) is 35.6 Å². The van der Waals surface area contributed by atoms with Gasteiger partial charge in [-0.2, -0.15) is 4.31 Å². The van der Waals surface area contributed by atoms with E-state index in [0.717, 1.165) is 0 Å². The van der Waals surface area contributed by atoms with E-state index in [9.17, 15) is 8.42 Å². The van der Waals surface area contributed by atoms with Gasteiger partial charge in [0.25, 0.3) is 10.0 Å². The molecule has 2 aromatic heterocycles. The molecule has 7 nitrogen and oxygen atoms in total. The van der Waals surface area contributed by atoms with Gasteiger partial charge in [-0.05, 0) is 11.4 Å². The van der Waals surface area contributed by atoms with Crippen LogP contribution in [-0.2, 0) is 14.8 Å². The third kappa shape index (κ3) is 2.84. The Hall–Kier alpha value is -1.55. The first-order chi connectivity index (χ1) is 10.6. The number of nitrogens with zero attached hydrogens (tertiary/aromatic N) is 3. The molecular formula is C13H16N4O3S2. The van der Waals surface area contributed by atoms with E-state index in [4.69, 9.17) is 4.74 Å². The molecule has 0 aromatic carbocycles. The van der Waals surface area contributed by atoms with Crippen LogP contribution < -0.4 is 5.32 Å². The predicted molar refractivity (Wildman–Crippen MR) is 83.3 cm³/mol. The van der Waals surface area contributed by atoms with Crippen LogP contribution in [0.4, 0.5) is 5.82 Å². The minimum atomic E-state index is -3.48. The van der Waals surface area contributed by atoms with Crippen molar-refractivity contribution < 1.29 is 13.2 Å². The van der Waals surface area contributed by atoms with Crippen molar-refractivity contribution in [2.24, 2.45) is 0 Å². The van der Waals surface area contributed by atoms with E-state index in [1.54, 1.807) is 37.0 Å². The molecule has 3 heterocycles. The monoisotopic (exact) mass is 340 g/mol. The number of nitrogens with one attached hydrogen (secondary N) is 1. The van der Waals surface area contributed by atoms with Crippen molar-refractivity contribution in [2.75, 3.05) is 32.1 Å². The summed E-state index contributed by atoms with van der Waals surface area (Å²) in [6, 6.07) is 3.35. The molecule has 22 heavy (non-hydrogen) atoms. The van der Waals surface area contributed by atoms with Gasteiger partial charge in [-0.25, -0.2) is 13.4 Å². The Morgan fingerprint density at radius 3 is 2.95 bits per heavy atom. The summed E-state index contributed by atoms with van der Waals surface area (Å²) in [5.41, 5.74) is 0.621. The lowest BCUT2D eigenvalue weighted by Crippen LogP contribution is -2.42. The summed E-state index contributed by atoms with van der Waals surface area (Å²) in [5, 5.41) is 4.71. The summed E-state index contributed by atoms with van der Waals surface area (Å²) in [6.45, 7) is 0.897. The molecule has 1 aliphatic rings. The van der Waals surface area contributed by atoms with Crippen LogP contribution in [0.15, 0.2) is 34.1 Å². The van der Waals surface area contributed by atoms with Crippen LogP contribution in [-0.4, -0.2) is 49.4 Å². The van der Waals surface area contributed by atoms with Gasteiger partial charge in [-0.15, -0.1) is 11.3 Å². The number of morpholine rings is 1. The van der Waals surface area contributed by atoms with Crippen LogP contribution in [0.3, 0.4) is 0 Å². The lowest BCUT2D eigenvalue weighted by Gasteiger charge is -2.31. The third-order valence-electron chi connectivity index (χ3n) is 3.39. The SMILES string of the molecule is CNc1nccnc1C1CN(S(=O)(=O)c2cccs2)CCO1. The van der Waals surface area contributed by atoms with Crippen molar-refractivity contribution in [1.82, 2.24) is 14.3 Å². The molecular weight excluding hydrogens is 324 g/mol. The van der Waals surface area contributed by atoms with Crippen molar-refractivity contribution in [3.63, 3.8) is 0 Å². The zero-order chi connectivity index (χ0) is 15.6. The van der Waals surface area contributed by atoms with E-state index < -0.39 is 16.1 Å². The van der Waals surface area contributed by atoms with Crippen LogP contribution in [0.5, 0.6) is 0 Å². The van der Waals surface area contributed by atoms with Gasteiger partial charge in [0.05, 0.1) is 6.61 Å². The summed E-state index contributed by atoms with van der Waals surface area (Å²) in [6.07, 6.45) is 2.73. The first-order valence-electron chi connectivity index (χ1n) is 6.77. The average Bonchev–Trinajstić information content (AvgIpc) is 3.10. The Morgan fingerprint density at radius 2 is 2.23 bits per heavy atom. The zero-order valence-corrected chi connectivity index (χ0v) is 13.6. The highest BCUT2D eigenvalue weighted by atomic mass is 32.2. The van der Waals surface area contributed by atoms with Crippen LogP contribution in [0, 0.1) is 0 Å². The highest BCUT2D eigenvalue weighted by Gasteiger charge is 2.33. The molecule has 1 atom stereocenters. The first-order valence-corrected chi connectivity index (χ1v) is 9.09. The molecule has 0 saturated carbocycles. The average molecular weight is 340 g/mol. The minimum absolute atomic E-state index is 0.230. The second-order valence-corrected chi connectivity index (χ2v) is 7.81. The van der Waals surface area contributed by atoms with Crippen molar-refractivity contribution >= 4 is 27.2 Å². The molecule has 0 bridgehead atoms. The number of anilines is 1. The van der Waals surface area contributed by atoms with Gasteiger partial charge in [-0.1, -0.05) is 6.07 Å². The zero-order valence-electron chi connectivity index (χ0n) is 12.0. The smallest absolute Gasteiger partial charge is 0.252 e. The molecule has 1 fully saturated rings. The van der Waals surface area contributed by atoms with E-state index >= 15 is 0 Å². The standard InChI is InChI=1S/C13H16N4O3S2/c1-14-13-12(15-4-5-16-13)10-9-17(6-7-20-10)22(18,19)11-3-2-8-21-11/h2-5,8,10H,6-7,9H2,1H3,(H,14,16). The number of rotatable bonds is 4. The van der Waals surface area contributed by atoms with Gasteiger partial charge in [-0.3, -0.25) is 4.98 Å². The maximum atomic E-state index is 12.6. The Kier molecular flexibility index (Phi) is 4.39. The normalized spacial score (nSPS) is 20.0. The molecule has 1 unspecified atom stereocenters. The number of hydrogen-bond acceptors (Lipinski definition) is 7. The number of aromatic nitrogens is 2. The number of hydrogen-bond donors (Lipinski definition) is 1. The molecule has 0 aliphatic carbocycles. The lowest BCUT2D eigenvalue weighted by atomic mass is 10.2. The summed E-state index contributed by atoms with van der Waals surface area (Å²) in [4.78, 5) is 8.47. The number of sulfonamides is 1. The van der Waals surface area contributed by atoms with Crippen LogP contribution in [0.25, 0.3) is 0 Å². The fraction of sp³-hybridized carbons (Fsp3) is 0.385. The van der Waals surface area contributed by atoms with Gasteiger partial charge in [0.1, 0.15) is 21.8 Å². The molecule has 0 radical (unpaired) electrons. The van der Waals surface area contributed by atoms with Gasteiger partial charge in [0.15, 0.2) is 0 Å². The lowest BCUT2D eigenvalue weighted by molar-refractivity contribution is -0.00463. The van der Waals surface area contributed by atoms with Crippen LogP contribution in [0.2, 0.25) is 0 Å². The molecule has 1 aliphatic heterocycles. The van der Waals surface area contributed by atoms with Crippen molar-refractivity contribution in [2.45, 2.75) is 10.3 Å². The maximum absolute atomic E-state index is 12.6. The molecule has 1 saturated heterocycles. The van der Waals surface area contributed by atoms with E-state index in [2.05, 4.69) is 15.3 Å². The van der Waals surface area contributed by atoms with Crippen molar-refractivity contribution in [1.29, 1.82) is 0 Å². The molecule has 0 spiro atoms. The molecule has 2 aromatic rings. The Labute approximate surface area is 133 Å². The van der Waals surface area contributed by atoms with E-state index in [-0.39, 0.29) is 6.54 Å². The van der Waals surface area contributed by atoms with Crippen molar-refractivity contribution in [3.8, 4) is 0 Å². The molecule has 0 amide bonds. The highest BCUT2D eigenvalue weighted by Crippen LogP contribution is 2.29. The Morgan fingerprint density at radius 1 is 1.41 bits per heavy atom. The number of thiophene rings is 1.